The Hall–Kier alpha value is -0.520. The molecule has 0 aliphatic carbocycles. The van der Waals surface area contributed by atoms with E-state index in [0.29, 0.717) is 6.04 Å². The van der Waals surface area contributed by atoms with Crippen LogP contribution in [0.4, 0.5) is 0 Å². The van der Waals surface area contributed by atoms with Crippen molar-refractivity contribution in [3.63, 3.8) is 0 Å². The van der Waals surface area contributed by atoms with Gasteiger partial charge in [0.2, 0.25) is 0 Å². The SMILES string of the molecule is C#CCCCC(NCC)C(C)(C)N1CCCC1. The molecule has 1 fully saturated rings. The van der Waals surface area contributed by atoms with Gasteiger partial charge in [0.05, 0.1) is 0 Å². The van der Waals surface area contributed by atoms with E-state index in [0.717, 1.165) is 19.4 Å². The molecule has 2 nitrogen and oxygen atoms in total. The van der Waals surface area contributed by atoms with E-state index in [1.165, 1.54) is 32.4 Å². The molecule has 0 aromatic rings. The van der Waals surface area contributed by atoms with Crippen LogP contribution in [0.3, 0.4) is 0 Å². The minimum absolute atomic E-state index is 0.251. The summed E-state index contributed by atoms with van der Waals surface area (Å²) < 4.78 is 0. The van der Waals surface area contributed by atoms with E-state index in [2.05, 4.69) is 36.9 Å². The fraction of sp³-hybridized carbons (Fsp3) is 0.867. The van der Waals surface area contributed by atoms with Gasteiger partial charge in [-0.2, -0.15) is 0 Å². The van der Waals surface area contributed by atoms with E-state index in [-0.39, 0.29) is 5.54 Å². The van der Waals surface area contributed by atoms with Crippen molar-refractivity contribution in [1.29, 1.82) is 0 Å². The molecule has 2 heteroatoms. The maximum Gasteiger partial charge on any atom is 0.0306 e. The van der Waals surface area contributed by atoms with Gasteiger partial charge in [-0.25, -0.2) is 0 Å². The largest absolute Gasteiger partial charge is 0.312 e. The Labute approximate surface area is 107 Å². The molecule has 0 spiro atoms. The maximum absolute atomic E-state index is 5.34. The summed E-state index contributed by atoms with van der Waals surface area (Å²) >= 11 is 0. The summed E-state index contributed by atoms with van der Waals surface area (Å²) in [5.41, 5.74) is 0.251. The summed E-state index contributed by atoms with van der Waals surface area (Å²) in [5.74, 6) is 2.74. The average Bonchev–Trinajstić information content (AvgIpc) is 2.82. The minimum atomic E-state index is 0.251. The van der Waals surface area contributed by atoms with Gasteiger partial charge in [-0.3, -0.25) is 4.90 Å². The van der Waals surface area contributed by atoms with Crippen molar-refractivity contribution < 1.29 is 0 Å². The number of hydrogen-bond donors (Lipinski definition) is 1. The van der Waals surface area contributed by atoms with E-state index < -0.39 is 0 Å². The number of likely N-dealkylation sites (N-methyl/N-ethyl adjacent to an activating group) is 1. The van der Waals surface area contributed by atoms with Crippen molar-refractivity contribution in [3.8, 4) is 12.3 Å². The zero-order valence-electron chi connectivity index (χ0n) is 11.8. The fourth-order valence-corrected chi connectivity index (χ4v) is 2.87. The molecule has 0 radical (unpaired) electrons. The van der Waals surface area contributed by atoms with Crippen LogP contribution in [0.1, 0.15) is 52.9 Å². The smallest absolute Gasteiger partial charge is 0.0306 e. The van der Waals surface area contributed by atoms with Gasteiger partial charge in [0.15, 0.2) is 0 Å². The Balaban J connectivity index is 2.56. The summed E-state index contributed by atoms with van der Waals surface area (Å²) in [6, 6.07) is 0.555. The fourth-order valence-electron chi connectivity index (χ4n) is 2.87. The van der Waals surface area contributed by atoms with Gasteiger partial charge < -0.3 is 5.32 Å². The molecular formula is C15H28N2. The van der Waals surface area contributed by atoms with Crippen LogP contribution >= 0.6 is 0 Å². The number of likely N-dealkylation sites (tertiary alicyclic amines) is 1. The third kappa shape index (κ3) is 4.01. The first-order chi connectivity index (χ1) is 8.12. The lowest BCUT2D eigenvalue weighted by Crippen LogP contribution is -2.56. The van der Waals surface area contributed by atoms with Crippen molar-refractivity contribution in [1.82, 2.24) is 10.2 Å². The van der Waals surface area contributed by atoms with Crippen molar-refractivity contribution in [3.05, 3.63) is 0 Å². The number of hydrogen-bond acceptors (Lipinski definition) is 2. The topological polar surface area (TPSA) is 15.3 Å². The molecule has 1 unspecified atom stereocenters. The zero-order chi connectivity index (χ0) is 12.7. The Morgan fingerprint density at radius 1 is 1.35 bits per heavy atom. The molecule has 0 aromatic heterocycles. The number of nitrogens with zero attached hydrogens (tertiary/aromatic N) is 1. The van der Waals surface area contributed by atoms with Gasteiger partial charge in [0, 0.05) is 18.0 Å². The van der Waals surface area contributed by atoms with Gasteiger partial charge in [-0.1, -0.05) is 6.92 Å². The molecule has 17 heavy (non-hydrogen) atoms. The molecule has 0 saturated carbocycles. The maximum atomic E-state index is 5.34. The first-order valence-electron chi connectivity index (χ1n) is 7.04. The number of terminal acetylenes is 1. The lowest BCUT2D eigenvalue weighted by Gasteiger charge is -2.42. The monoisotopic (exact) mass is 236 g/mol. The van der Waals surface area contributed by atoms with Crippen molar-refractivity contribution >= 4 is 0 Å². The van der Waals surface area contributed by atoms with Crippen LogP contribution < -0.4 is 5.32 Å². The first kappa shape index (κ1) is 14.5. The van der Waals surface area contributed by atoms with Gasteiger partial charge in [-0.05, 0) is 59.2 Å². The molecule has 1 N–H and O–H groups in total. The van der Waals surface area contributed by atoms with Crippen LogP contribution in [0.2, 0.25) is 0 Å². The molecule has 0 bridgehead atoms. The van der Waals surface area contributed by atoms with Gasteiger partial charge in [-0.15, -0.1) is 12.3 Å². The van der Waals surface area contributed by atoms with Crippen molar-refractivity contribution in [2.45, 2.75) is 64.5 Å². The van der Waals surface area contributed by atoms with Gasteiger partial charge in [0.25, 0.3) is 0 Å². The second-order valence-corrected chi connectivity index (χ2v) is 5.55. The minimum Gasteiger partial charge on any atom is -0.312 e. The van der Waals surface area contributed by atoms with Crippen LogP contribution in [0, 0.1) is 12.3 Å². The quantitative estimate of drug-likeness (QED) is 0.540. The molecule has 1 rings (SSSR count). The third-order valence-electron chi connectivity index (χ3n) is 4.04. The van der Waals surface area contributed by atoms with Crippen LogP contribution in [-0.2, 0) is 0 Å². The van der Waals surface area contributed by atoms with E-state index in [1.807, 2.05) is 0 Å². The Kier molecular flexibility index (Phi) is 6.02. The zero-order valence-corrected chi connectivity index (χ0v) is 11.8. The Morgan fingerprint density at radius 2 is 2.00 bits per heavy atom. The van der Waals surface area contributed by atoms with Crippen molar-refractivity contribution in [2.75, 3.05) is 19.6 Å². The van der Waals surface area contributed by atoms with Crippen LogP contribution in [0.15, 0.2) is 0 Å². The highest BCUT2D eigenvalue weighted by Crippen LogP contribution is 2.26. The number of rotatable bonds is 7. The van der Waals surface area contributed by atoms with Crippen LogP contribution in [-0.4, -0.2) is 36.1 Å². The summed E-state index contributed by atoms with van der Waals surface area (Å²) in [6.45, 7) is 10.5. The van der Waals surface area contributed by atoms with E-state index in [9.17, 15) is 0 Å². The van der Waals surface area contributed by atoms with E-state index >= 15 is 0 Å². The summed E-state index contributed by atoms with van der Waals surface area (Å²) in [5, 5.41) is 3.65. The number of nitrogens with one attached hydrogen (secondary N) is 1. The normalized spacial score (nSPS) is 19.2. The molecule has 0 amide bonds. The van der Waals surface area contributed by atoms with Gasteiger partial charge in [0.1, 0.15) is 0 Å². The molecule has 1 saturated heterocycles. The third-order valence-corrected chi connectivity index (χ3v) is 4.04. The lowest BCUT2D eigenvalue weighted by molar-refractivity contribution is 0.102. The predicted octanol–water partition coefficient (Wildman–Crippen LogP) is 2.64. The average molecular weight is 236 g/mol. The molecular weight excluding hydrogens is 208 g/mol. The molecule has 1 aliphatic rings. The molecule has 1 atom stereocenters. The van der Waals surface area contributed by atoms with Crippen molar-refractivity contribution in [2.24, 2.45) is 0 Å². The van der Waals surface area contributed by atoms with Gasteiger partial charge >= 0.3 is 0 Å². The summed E-state index contributed by atoms with van der Waals surface area (Å²) in [7, 11) is 0. The molecule has 1 aliphatic heterocycles. The highest BCUT2D eigenvalue weighted by atomic mass is 15.2. The van der Waals surface area contributed by atoms with Crippen LogP contribution in [0.5, 0.6) is 0 Å². The second-order valence-electron chi connectivity index (χ2n) is 5.55. The molecule has 0 aromatic carbocycles. The summed E-state index contributed by atoms with van der Waals surface area (Å²) in [4.78, 5) is 2.64. The highest BCUT2D eigenvalue weighted by molar-refractivity contribution is 4.96. The highest BCUT2D eigenvalue weighted by Gasteiger charge is 2.35. The summed E-state index contributed by atoms with van der Waals surface area (Å²) in [6.07, 6.45) is 11.3. The molecule has 1 heterocycles. The standard InChI is InChI=1S/C15H28N2/c1-5-7-8-11-14(16-6-2)15(3,4)17-12-9-10-13-17/h1,14,16H,6-13H2,2-4H3. The Morgan fingerprint density at radius 3 is 2.53 bits per heavy atom. The first-order valence-corrected chi connectivity index (χ1v) is 7.04. The van der Waals surface area contributed by atoms with E-state index in [4.69, 9.17) is 6.42 Å². The van der Waals surface area contributed by atoms with Crippen LogP contribution in [0.25, 0.3) is 0 Å². The number of unbranched alkanes of at least 4 members (excludes halogenated alkanes) is 1. The predicted molar refractivity (Wildman–Crippen MR) is 75.0 cm³/mol. The molecule has 98 valence electrons. The lowest BCUT2D eigenvalue weighted by atomic mass is 9.88. The van der Waals surface area contributed by atoms with E-state index in [1.54, 1.807) is 0 Å². The second kappa shape index (κ2) is 7.03. The Bertz CT molecular complexity index is 246.